The van der Waals surface area contributed by atoms with E-state index in [1.165, 1.54) is 5.06 Å². The average Bonchev–Trinajstić information content (AvgIpc) is 3.37. The third-order valence-corrected chi connectivity index (χ3v) is 5.65. The van der Waals surface area contributed by atoms with Crippen LogP contribution in [0.1, 0.15) is 40.7 Å². The standard InChI is InChI=1S/C21H22N4O4/c1-14-16-6-2-3-7-18(16)29-19(14)21(27)23-12-15-8-9-22-25(15)17(13-23)20(26)24-10-4-5-11-28-24/h2-3,6-9,17H,4-5,10-13H2,1H3/t17-/m0/s1. The van der Waals surface area contributed by atoms with Gasteiger partial charge in [0.2, 0.25) is 0 Å². The first-order valence-corrected chi connectivity index (χ1v) is 9.87. The van der Waals surface area contributed by atoms with Crippen LogP contribution in [0.5, 0.6) is 0 Å². The van der Waals surface area contributed by atoms with Crippen molar-refractivity contribution in [2.24, 2.45) is 0 Å². The van der Waals surface area contributed by atoms with Crippen molar-refractivity contribution in [1.82, 2.24) is 19.7 Å². The van der Waals surface area contributed by atoms with Gasteiger partial charge in [0.05, 0.1) is 25.4 Å². The van der Waals surface area contributed by atoms with Crippen LogP contribution in [0.3, 0.4) is 0 Å². The Hall–Kier alpha value is -3.13. The highest BCUT2D eigenvalue weighted by molar-refractivity contribution is 5.99. The van der Waals surface area contributed by atoms with Gasteiger partial charge in [-0.25, -0.2) is 5.06 Å². The number of aromatic nitrogens is 2. The molecule has 4 heterocycles. The lowest BCUT2D eigenvalue weighted by molar-refractivity contribution is -0.201. The van der Waals surface area contributed by atoms with Crippen molar-refractivity contribution in [2.75, 3.05) is 19.7 Å². The summed E-state index contributed by atoms with van der Waals surface area (Å²) in [6.07, 6.45) is 3.51. The second kappa shape index (κ2) is 7.04. The van der Waals surface area contributed by atoms with E-state index in [2.05, 4.69) is 5.10 Å². The number of nitrogens with zero attached hydrogens (tertiary/aromatic N) is 4. The molecule has 5 rings (SSSR count). The third kappa shape index (κ3) is 3.00. The number of aryl methyl sites for hydroxylation is 1. The van der Waals surface area contributed by atoms with Gasteiger partial charge in [0.15, 0.2) is 11.8 Å². The van der Waals surface area contributed by atoms with E-state index in [-0.39, 0.29) is 18.4 Å². The third-order valence-electron chi connectivity index (χ3n) is 5.65. The van der Waals surface area contributed by atoms with Gasteiger partial charge in [-0.05, 0) is 31.9 Å². The van der Waals surface area contributed by atoms with E-state index in [9.17, 15) is 9.59 Å². The molecule has 0 N–H and O–H groups in total. The van der Waals surface area contributed by atoms with Crippen LogP contribution in [0, 0.1) is 6.92 Å². The number of carbonyl (C=O) groups excluding carboxylic acids is 2. The van der Waals surface area contributed by atoms with Gasteiger partial charge in [0.1, 0.15) is 5.58 Å². The Bertz CT molecular complexity index is 1080. The van der Waals surface area contributed by atoms with Crippen LogP contribution in [-0.2, 0) is 16.2 Å². The van der Waals surface area contributed by atoms with Crippen LogP contribution in [-0.4, -0.2) is 51.3 Å². The molecule has 8 heteroatoms. The minimum absolute atomic E-state index is 0.173. The summed E-state index contributed by atoms with van der Waals surface area (Å²) in [5, 5.41) is 6.67. The zero-order valence-corrected chi connectivity index (χ0v) is 16.2. The lowest BCUT2D eigenvalue weighted by atomic mass is 10.1. The largest absolute Gasteiger partial charge is 0.451 e. The summed E-state index contributed by atoms with van der Waals surface area (Å²) in [6, 6.07) is 8.82. The van der Waals surface area contributed by atoms with Crippen LogP contribution in [0.25, 0.3) is 11.0 Å². The van der Waals surface area contributed by atoms with Crippen molar-refractivity contribution >= 4 is 22.8 Å². The molecular formula is C21H22N4O4. The summed E-state index contributed by atoms with van der Waals surface area (Å²) in [5.74, 6) is -0.0726. The van der Waals surface area contributed by atoms with E-state index in [1.54, 1.807) is 15.8 Å². The maximum absolute atomic E-state index is 13.3. The molecule has 2 aliphatic heterocycles. The van der Waals surface area contributed by atoms with Crippen LogP contribution in [0.4, 0.5) is 0 Å². The normalized spacial score (nSPS) is 19.4. The first-order valence-electron chi connectivity index (χ1n) is 9.87. The fourth-order valence-corrected chi connectivity index (χ4v) is 4.09. The van der Waals surface area contributed by atoms with Crippen LogP contribution in [0.2, 0.25) is 0 Å². The van der Waals surface area contributed by atoms with Gasteiger partial charge >= 0.3 is 0 Å². The van der Waals surface area contributed by atoms with Crippen molar-refractivity contribution in [2.45, 2.75) is 32.4 Å². The Labute approximate surface area is 167 Å². The molecule has 8 nitrogen and oxygen atoms in total. The van der Waals surface area contributed by atoms with Gasteiger partial charge in [0.25, 0.3) is 11.8 Å². The molecule has 0 saturated carbocycles. The van der Waals surface area contributed by atoms with E-state index in [0.29, 0.717) is 31.0 Å². The number of benzene rings is 1. The highest BCUT2D eigenvalue weighted by atomic mass is 16.7. The number of hydroxylamine groups is 2. The quantitative estimate of drug-likeness (QED) is 0.668. The Kier molecular flexibility index (Phi) is 4.35. The fourth-order valence-electron chi connectivity index (χ4n) is 4.09. The first kappa shape index (κ1) is 17.9. The topological polar surface area (TPSA) is 80.8 Å². The molecule has 1 saturated heterocycles. The summed E-state index contributed by atoms with van der Waals surface area (Å²) >= 11 is 0. The number of para-hydroxylation sites is 1. The molecule has 2 aliphatic rings. The number of amides is 2. The molecular weight excluding hydrogens is 372 g/mol. The first-order chi connectivity index (χ1) is 14.1. The molecule has 0 bridgehead atoms. The predicted molar refractivity (Wildman–Crippen MR) is 104 cm³/mol. The maximum atomic E-state index is 13.3. The lowest BCUT2D eigenvalue weighted by Crippen LogP contribution is -2.49. The Morgan fingerprint density at radius 3 is 2.83 bits per heavy atom. The number of fused-ring (bicyclic) bond motifs is 2. The van der Waals surface area contributed by atoms with E-state index < -0.39 is 6.04 Å². The Morgan fingerprint density at radius 1 is 1.17 bits per heavy atom. The highest BCUT2D eigenvalue weighted by Gasteiger charge is 2.37. The smallest absolute Gasteiger partial charge is 0.290 e. The molecule has 0 aliphatic carbocycles. The predicted octanol–water partition coefficient (Wildman–Crippen LogP) is 2.69. The minimum atomic E-state index is -0.611. The number of hydrogen-bond acceptors (Lipinski definition) is 5. The van der Waals surface area contributed by atoms with Gasteiger partial charge in [-0.2, -0.15) is 5.10 Å². The molecule has 150 valence electrons. The zero-order valence-electron chi connectivity index (χ0n) is 16.2. The number of carbonyl (C=O) groups is 2. The van der Waals surface area contributed by atoms with Gasteiger partial charge in [-0.3, -0.25) is 19.1 Å². The summed E-state index contributed by atoms with van der Waals surface area (Å²) in [5.41, 5.74) is 2.31. The fraction of sp³-hybridized carbons (Fsp3) is 0.381. The zero-order chi connectivity index (χ0) is 20.0. The van der Waals surface area contributed by atoms with E-state index in [4.69, 9.17) is 9.25 Å². The van der Waals surface area contributed by atoms with Crippen LogP contribution in [0.15, 0.2) is 40.9 Å². The van der Waals surface area contributed by atoms with E-state index in [1.807, 2.05) is 37.3 Å². The second-order valence-electron chi connectivity index (χ2n) is 7.50. The van der Waals surface area contributed by atoms with Crippen molar-refractivity contribution in [3.63, 3.8) is 0 Å². The van der Waals surface area contributed by atoms with Crippen molar-refractivity contribution < 1.29 is 18.8 Å². The minimum Gasteiger partial charge on any atom is -0.451 e. The summed E-state index contributed by atoms with van der Waals surface area (Å²) < 4.78 is 7.57. The SMILES string of the molecule is Cc1c(C(=O)N2Cc3ccnn3[C@H](C(=O)N3CCCCO3)C2)oc2ccccc12. The molecule has 1 aromatic carbocycles. The molecule has 3 aromatic rings. The number of hydrogen-bond donors (Lipinski definition) is 0. The van der Waals surface area contributed by atoms with Crippen LogP contribution < -0.4 is 0 Å². The summed E-state index contributed by atoms with van der Waals surface area (Å²) in [4.78, 5) is 33.6. The molecule has 2 aromatic heterocycles. The molecule has 29 heavy (non-hydrogen) atoms. The monoisotopic (exact) mass is 394 g/mol. The molecule has 1 fully saturated rings. The molecule has 0 radical (unpaired) electrons. The average molecular weight is 394 g/mol. The van der Waals surface area contributed by atoms with Crippen molar-refractivity contribution in [3.05, 3.63) is 53.5 Å². The summed E-state index contributed by atoms with van der Waals surface area (Å²) in [6.45, 7) is 3.58. The highest BCUT2D eigenvalue weighted by Crippen LogP contribution is 2.29. The molecule has 0 unspecified atom stereocenters. The Morgan fingerprint density at radius 2 is 2.03 bits per heavy atom. The van der Waals surface area contributed by atoms with Gasteiger partial charge < -0.3 is 9.32 Å². The number of furan rings is 1. The van der Waals surface area contributed by atoms with Gasteiger partial charge in [-0.1, -0.05) is 18.2 Å². The summed E-state index contributed by atoms with van der Waals surface area (Å²) in [7, 11) is 0. The van der Waals surface area contributed by atoms with Gasteiger partial charge in [-0.15, -0.1) is 0 Å². The molecule has 0 spiro atoms. The van der Waals surface area contributed by atoms with Crippen LogP contribution >= 0.6 is 0 Å². The Balaban J connectivity index is 1.46. The second-order valence-corrected chi connectivity index (χ2v) is 7.50. The molecule has 1 atom stereocenters. The van der Waals surface area contributed by atoms with Crippen molar-refractivity contribution in [1.29, 1.82) is 0 Å². The van der Waals surface area contributed by atoms with Gasteiger partial charge in [0, 0.05) is 23.7 Å². The van der Waals surface area contributed by atoms with Crippen molar-refractivity contribution in [3.8, 4) is 0 Å². The lowest BCUT2D eigenvalue weighted by Gasteiger charge is -2.36. The molecule has 2 amide bonds. The number of rotatable bonds is 2. The van der Waals surface area contributed by atoms with E-state index in [0.717, 1.165) is 29.5 Å². The van der Waals surface area contributed by atoms with E-state index >= 15 is 0 Å². The maximum Gasteiger partial charge on any atom is 0.290 e.